The molecule has 16 heavy (non-hydrogen) atoms. The van der Waals surface area contributed by atoms with E-state index in [1.54, 1.807) is 0 Å². The van der Waals surface area contributed by atoms with Gasteiger partial charge < -0.3 is 4.57 Å². The van der Waals surface area contributed by atoms with Gasteiger partial charge in [0.2, 0.25) is 0 Å². The first kappa shape index (κ1) is 9.16. The van der Waals surface area contributed by atoms with Crippen LogP contribution in [0.3, 0.4) is 0 Å². The first-order chi connectivity index (χ1) is 7.84. The van der Waals surface area contributed by atoms with E-state index in [1.165, 1.54) is 10.9 Å². The number of fused-ring (bicyclic) bond motifs is 1. The zero-order valence-corrected chi connectivity index (χ0v) is 9.09. The van der Waals surface area contributed by atoms with E-state index in [0.717, 1.165) is 11.4 Å². The van der Waals surface area contributed by atoms with Gasteiger partial charge in [0.15, 0.2) is 0 Å². The lowest BCUT2D eigenvalue weighted by Crippen LogP contribution is -1.93. The van der Waals surface area contributed by atoms with E-state index in [2.05, 4.69) is 52.1 Å². The van der Waals surface area contributed by atoms with Gasteiger partial charge in [-0.2, -0.15) is 0 Å². The summed E-state index contributed by atoms with van der Waals surface area (Å²) in [6.07, 6.45) is 3.98. The van der Waals surface area contributed by atoms with Crippen LogP contribution >= 0.6 is 0 Å². The van der Waals surface area contributed by atoms with Gasteiger partial charge in [0.1, 0.15) is 0 Å². The number of nitrogens with zero attached hydrogens (tertiary/aromatic N) is 2. The first-order valence-electron chi connectivity index (χ1n) is 5.34. The van der Waals surface area contributed by atoms with E-state index in [9.17, 15) is 0 Å². The molecule has 0 aliphatic rings. The number of para-hydroxylation sites is 1. The van der Waals surface area contributed by atoms with Crippen LogP contribution in [0.1, 0.15) is 5.69 Å². The van der Waals surface area contributed by atoms with Gasteiger partial charge in [-0.3, -0.25) is 4.98 Å². The molecule has 0 bridgehead atoms. The smallest absolute Gasteiger partial charge is 0.0639 e. The Hall–Kier alpha value is -2.09. The lowest BCUT2D eigenvalue weighted by molar-refractivity contribution is 1.08. The SMILES string of the molecule is Cc1ccc(-n2ccc3ccccc32)cn1. The predicted molar refractivity (Wildman–Crippen MR) is 65.8 cm³/mol. The molecular weight excluding hydrogens is 196 g/mol. The molecule has 0 unspecified atom stereocenters. The maximum Gasteiger partial charge on any atom is 0.0639 e. The Kier molecular flexibility index (Phi) is 2.00. The van der Waals surface area contributed by atoms with Crippen LogP contribution < -0.4 is 0 Å². The highest BCUT2D eigenvalue weighted by atomic mass is 15.0. The van der Waals surface area contributed by atoms with Gasteiger partial charge in [0.05, 0.1) is 17.4 Å². The molecule has 0 aliphatic heterocycles. The molecule has 78 valence electrons. The third kappa shape index (κ3) is 1.39. The molecule has 3 aromatic rings. The molecule has 0 fully saturated rings. The Morgan fingerprint density at radius 1 is 1.00 bits per heavy atom. The summed E-state index contributed by atoms with van der Waals surface area (Å²) in [6, 6.07) is 14.6. The summed E-state index contributed by atoms with van der Waals surface area (Å²) in [5, 5.41) is 1.25. The van der Waals surface area contributed by atoms with E-state index in [-0.39, 0.29) is 0 Å². The topological polar surface area (TPSA) is 17.8 Å². The fraction of sp³-hybridized carbons (Fsp3) is 0.0714. The summed E-state index contributed by atoms with van der Waals surface area (Å²) in [5.74, 6) is 0. The maximum atomic E-state index is 4.32. The Balaban J connectivity index is 2.22. The van der Waals surface area contributed by atoms with E-state index >= 15 is 0 Å². The van der Waals surface area contributed by atoms with Gasteiger partial charge >= 0.3 is 0 Å². The minimum atomic E-state index is 1.04. The second-order valence-corrected chi connectivity index (χ2v) is 3.90. The van der Waals surface area contributed by atoms with Crippen LogP contribution in [0.4, 0.5) is 0 Å². The molecule has 0 spiro atoms. The van der Waals surface area contributed by atoms with Crippen molar-refractivity contribution in [3.8, 4) is 5.69 Å². The number of aromatic nitrogens is 2. The van der Waals surface area contributed by atoms with E-state index < -0.39 is 0 Å². The molecule has 0 radical (unpaired) electrons. The quantitative estimate of drug-likeness (QED) is 0.599. The third-order valence-electron chi connectivity index (χ3n) is 2.77. The summed E-state index contributed by atoms with van der Waals surface area (Å²) >= 11 is 0. The minimum absolute atomic E-state index is 1.04. The lowest BCUT2D eigenvalue weighted by atomic mass is 10.2. The van der Waals surface area contributed by atoms with Crippen molar-refractivity contribution in [3.05, 3.63) is 60.6 Å². The Labute approximate surface area is 94.2 Å². The molecule has 2 aromatic heterocycles. The van der Waals surface area contributed by atoms with Crippen molar-refractivity contribution in [1.82, 2.24) is 9.55 Å². The van der Waals surface area contributed by atoms with Crippen molar-refractivity contribution in [2.75, 3.05) is 0 Å². The molecule has 0 amide bonds. The van der Waals surface area contributed by atoms with Crippen molar-refractivity contribution >= 4 is 10.9 Å². The minimum Gasteiger partial charge on any atom is -0.315 e. The molecule has 0 atom stereocenters. The van der Waals surface area contributed by atoms with E-state index in [0.29, 0.717) is 0 Å². The van der Waals surface area contributed by atoms with Crippen molar-refractivity contribution in [1.29, 1.82) is 0 Å². The number of pyridine rings is 1. The molecule has 0 aliphatic carbocycles. The van der Waals surface area contributed by atoms with E-state index in [4.69, 9.17) is 0 Å². The van der Waals surface area contributed by atoms with Crippen molar-refractivity contribution in [3.63, 3.8) is 0 Å². The highest BCUT2D eigenvalue weighted by Crippen LogP contribution is 2.19. The van der Waals surface area contributed by atoms with Crippen molar-refractivity contribution < 1.29 is 0 Å². The van der Waals surface area contributed by atoms with Gasteiger partial charge in [-0.25, -0.2) is 0 Å². The summed E-state index contributed by atoms with van der Waals surface area (Å²) in [5.41, 5.74) is 3.36. The van der Waals surface area contributed by atoms with Gasteiger partial charge in [0, 0.05) is 11.9 Å². The first-order valence-corrected chi connectivity index (χ1v) is 5.34. The number of aryl methyl sites for hydroxylation is 1. The van der Waals surface area contributed by atoms with Gasteiger partial charge in [-0.1, -0.05) is 18.2 Å². The molecule has 0 saturated carbocycles. The predicted octanol–water partition coefficient (Wildman–Crippen LogP) is 3.33. The van der Waals surface area contributed by atoms with E-state index in [1.807, 2.05) is 19.2 Å². The zero-order chi connectivity index (χ0) is 11.0. The zero-order valence-electron chi connectivity index (χ0n) is 9.09. The average Bonchev–Trinajstić information content (AvgIpc) is 2.74. The van der Waals surface area contributed by atoms with Gasteiger partial charge in [-0.15, -0.1) is 0 Å². The standard InChI is InChI=1S/C14H12N2/c1-11-6-7-13(10-15-11)16-9-8-12-4-2-3-5-14(12)16/h2-10H,1H3. The fourth-order valence-electron chi connectivity index (χ4n) is 1.91. The molecular formula is C14H12N2. The second kappa shape index (κ2) is 3.49. The normalized spacial score (nSPS) is 10.8. The molecule has 0 saturated heterocycles. The number of benzene rings is 1. The second-order valence-electron chi connectivity index (χ2n) is 3.90. The molecule has 1 aromatic carbocycles. The monoisotopic (exact) mass is 208 g/mol. The Morgan fingerprint density at radius 2 is 1.88 bits per heavy atom. The Bertz CT molecular complexity index is 621. The molecule has 0 N–H and O–H groups in total. The van der Waals surface area contributed by atoms with Crippen LogP contribution in [-0.2, 0) is 0 Å². The molecule has 2 heteroatoms. The van der Waals surface area contributed by atoms with Crippen LogP contribution in [0, 0.1) is 6.92 Å². The molecule has 2 heterocycles. The summed E-state index contributed by atoms with van der Waals surface area (Å²) in [4.78, 5) is 4.32. The number of rotatable bonds is 1. The lowest BCUT2D eigenvalue weighted by Gasteiger charge is -2.04. The highest BCUT2D eigenvalue weighted by molar-refractivity contribution is 5.81. The van der Waals surface area contributed by atoms with Gasteiger partial charge in [-0.05, 0) is 36.6 Å². The number of hydrogen-bond acceptors (Lipinski definition) is 1. The van der Waals surface area contributed by atoms with Gasteiger partial charge in [0.25, 0.3) is 0 Å². The van der Waals surface area contributed by atoms with Crippen LogP contribution in [-0.4, -0.2) is 9.55 Å². The van der Waals surface area contributed by atoms with Crippen LogP contribution in [0.25, 0.3) is 16.6 Å². The van der Waals surface area contributed by atoms with Crippen molar-refractivity contribution in [2.24, 2.45) is 0 Å². The molecule has 3 rings (SSSR count). The van der Waals surface area contributed by atoms with Crippen LogP contribution in [0.2, 0.25) is 0 Å². The average molecular weight is 208 g/mol. The van der Waals surface area contributed by atoms with Crippen LogP contribution in [0.5, 0.6) is 0 Å². The van der Waals surface area contributed by atoms with Crippen LogP contribution in [0.15, 0.2) is 54.9 Å². The fourth-order valence-corrected chi connectivity index (χ4v) is 1.91. The highest BCUT2D eigenvalue weighted by Gasteiger charge is 2.01. The van der Waals surface area contributed by atoms with Crippen molar-refractivity contribution in [2.45, 2.75) is 6.92 Å². The largest absolute Gasteiger partial charge is 0.315 e. The summed E-state index contributed by atoms with van der Waals surface area (Å²) in [7, 11) is 0. The molecule has 2 nitrogen and oxygen atoms in total. The third-order valence-corrected chi connectivity index (χ3v) is 2.77. The summed E-state index contributed by atoms with van der Waals surface area (Å²) < 4.78 is 2.15. The summed E-state index contributed by atoms with van der Waals surface area (Å²) in [6.45, 7) is 2.00. The number of hydrogen-bond donors (Lipinski definition) is 0. The Morgan fingerprint density at radius 3 is 2.69 bits per heavy atom. The maximum absolute atomic E-state index is 4.32.